The van der Waals surface area contributed by atoms with E-state index < -0.39 is 0 Å². The highest BCUT2D eigenvalue weighted by Crippen LogP contribution is 2.23. The number of carbonyl (C=O) groups is 1. The van der Waals surface area contributed by atoms with Gasteiger partial charge < -0.3 is 10.2 Å². The Morgan fingerprint density at radius 2 is 2.31 bits per heavy atom. The fourth-order valence-electron chi connectivity index (χ4n) is 2.62. The van der Waals surface area contributed by atoms with Crippen LogP contribution in [0.25, 0.3) is 0 Å². The lowest BCUT2D eigenvalue weighted by atomic mass is 10.0. The Bertz CT molecular complexity index is 235. The number of nitrogens with zero attached hydrogens (tertiary/aromatic N) is 1. The van der Waals surface area contributed by atoms with Crippen LogP contribution in [-0.4, -0.2) is 47.5 Å². The van der Waals surface area contributed by atoms with Gasteiger partial charge in [-0.05, 0) is 38.5 Å². The molecule has 16 heavy (non-hydrogen) atoms. The van der Waals surface area contributed by atoms with E-state index in [-0.39, 0.29) is 6.04 Å². The van der Waals surface area contributed by atoms with E-state index in [4.69, 9.17) is 0 Å². The number of amides is 1. The number of hydrogen-bond acceptors (Lipinski definition) is 3. The van der Waals surface area contributed by atoms with Gasteiger partial charge in [0.05, 0.1) is 6.04 Å². The lowest BCUT2D eigenvalue weighted by Gasteiger charge is -2.33. The predicted molar refractivity (Wildman–Crippen MR) is 68.8 cm³/mol. The Kier molecular flexibility index (Phi) is 4.53. The summed E-state index contributed by atoms with van der Waals surface area (Å²) in [6.45, 7) is 3.97. The first-order chi connectivity index (χ1) is 7.83. The minimum Gasteiger partial charge on any atom is -0.338 e. The maximum absolute atomic E-state index is 12.4. The summed E-state index contributed by atoms with van der Waals surface area (Å²) in [5.74, 6) is 2.69. The predicted octanol–water partition coefficient (Wildman–Crippen LogP) is 1.48. The normalized spacial score (nSPS) is 30.3. The molecule has 1 amide bonds. The molecule has 2 aliphatic rings. The van der Waals surface area contributed by atoms with Crippen molar-refractivity contribution in [1.29, 1.82) is 0 Å². The highest BCUT2D eigenvalue weighted by Gasteiger charge is 2.30. The monoisotopic (exact) mass is 242 g/mol. The van der Waals surface area contributed by atoms with E-state index in [0.29, 0.717) is 11.9 Å². The summed E-state index contributed by atoms with van der Waals surface area (Å²) >= 11 is 1.98. The van der Waals surface area contributed by atoms with Crippen LogP contribution in [0.1, 0.15) is 32.6 Å². The van der Waals surface area contributed by atoms with E-state index in [9.17, 15) is 4.79 Å². The molecule has 2 atom stereocenters. The molecule has 2 heterocycles. The third-order valence-electron chi connectivity index (χ3n) is 3.58. The van der Waals surface area contributed by atoms with Crippen molar-refractivity contribution in [2.24, 2.45) is 0 Å². The molecule has 0 aliphatic carbocycles. The number of thioether (sulfide) groups is 1. The molecule has 4 heteroatoms. The molecule has 0 unspecified atom stereocenters. The summed E-state index contributed by atoms with van der Waals surface area (Å²) in [4.78, 5) is 14.5. The lowest BCUT2D eigenvalue weighted by molar-refractivity contribution is -0.135. The molecule has 3 nitrogen and oxygen atoms in total. The van der Waals surface area contributed by atoms with Gasteiger partial charge in [-0.1, -0.05) is 6.42 Å². The van der Waals surface area contributed by atoms with Crippen LogP contribution in [0.15, 0.2) is 0 Å². The molecule has 0 radical (unpaired) electrons. The van der Waals surface area contributed by atoms with Crippen LogP contribution in [0.5, 0.6) is 0 Å². The number of rotatable bonds is 3. The number of nitrogens with one attached hydrogen (secondary N) is 1. The van der Waals surface area contributed by atoms with Crippen LogP contribution < -0.4 is 5.32 Å². The molecule has 0 aromatic heterocycles. The van der Waals surface area contributed by atoms with Gasteiger partial charge in [0.1, 0.15) is 0 Å². The van der Waals surface area contributed by atoms with Crippen LogP contribution in [-0.2, 0) is 4.79 Å². The highest BCUT2D eigenvalue weighted by molar-refractivity contribution is 7.99. The first-order valence-corrected chi connectivity index (χ1v) is 7.60. The van der Waals surface area contributed by atoms with E-state index >= 15 is 0 Å². The van der Waals surface area contributed by atoms with Crippen LogP contribution in [0.3, 0.4) is 0 Å². The molecule has 2 aliphatic heterocycles. The van der Waals surface area contributed by atoms with Crippen molar-refractivity contribution < 1.29 is 4.79 Å². The number of hydrogen-bond donors (Lipinski definition) is 1. The quantitative estimate of drug-likeness (QED) is 0.813. The first-order valence-electron chi connectivity index (χ1n) is 6.44. The van der Waals surface area contributed by atoms with Crippen molar-refractivity contribution in [3.05, 3.63) is 0 Å². The molecule has 2 fully saturated rings. The maximum Gasteiger partial charge on any atom is 0.239 e. The molecular weight excluding hydrogens is 220 g/mol. The lowest BCUT2D eigenvalue weighted by Crippen LogP contribution is -2.51. The molecule has 2 rings (SSSR count). The fourth-order valence-corrected chi connectivity index (χ4v) is 3.85. The average molecular weight is 242 g/mol. The molecule has 0 bridgehead atoms. The number of likely N-dealkylation sites (N-methyl/N-ethyl adjacent to an activating group) is 1. The standard InChI is InChI=1S/C12H22N2OS/c1-2-14(10-6-8-16-9-10)12(15)11-5-3-4-7-13-11/h10-11,13H,2-9H2,1H3/t10-,11+/m0/s1. The van der Waals surface area contributed by atoms with Crippen molar-refractivity contribution in [2.45, 2.75) is 44.7 Å². The Morgan fingerprint density at radius 3 is 2.88 bits per heavy atom. The average Bonchev–Trinajstić information content (AvgIpc) is 2.85. The molecule has 2 saturated heterocycles. The van der Waals surface area contributed by atoms with Crippen molar-refractivity contribution in [1.82, 2.24) is 10.2 Å². The summed E-state index contributed by atoms with van der Waals surface area (Å²) in [6, 6.07) is 0.588. The zero-order chi connectivity index (χ0) is 11.4. The minimum atomic E-state index is 0.0966. The Balaban J connectivity index is 1.93. The van der Waals surface area contributed by atoms with Gasteiger partial charge in [0.15, 0.2) is 0 Å². The van der Waals surface area contributed by atoms with E-state index in [0.717, 1.165) is 25.3 Å². The molecule has 0 spiro atoms. The van der Waals surface area contributed by atoms with Gasteiger partial charge in [0.2, 0.25) is 5.91 Å². The third-order valence-corrected chi connectivity index (χ3v) is 4.72. The second-order valence-electron chi connectivity index (χ2n) is 4.64. The summed E-state index contributed by atoms with van der Waals surface area (Å²) in [5.41, 5.74) is 0. The molecule has 92 valence electrons. The number of carbonyl (C=O) groups excluding carboxylic acids is 1. The molecule has 0 aromatic carbocycles. The largest absolute Gasteiger partial charge is 0.338 e. The topological polar surface area (TPSA) is 32.3 Å². The zero-order valence-electron chi connectivity index (χ0n) is 10.1. The van der Waals surface area contributed by atoms with Gasteiger partial charge in [-0.15, -0.1) is 0 Å². The van der Waals surface area contributed by atoms with Crippen LogP contribution in [0.4, 0.5) is 0 Å². The summed E-state index contributed by atoms with van der Waals surface area (Å²) in [7, 11) is 0. The first kappa shape index (κ1) is 12.2. The van der Waals surface area contributed by atoms with E-state index in [2.05, 4.69) is 17.1 Å². The molecule has 1 N–H and O–H groups in total. The Hall–Kier alpha value is -0.220. The van der Waals surface area contributed by atoms with E-state index in [1.165, 1.54) is 25.0 Å². The van der Waals surface area contributed by atoms with E-state index in [1.54, 1.807) is 0 Å². The third kappa shape index (κ3) is 2.72. The van der Waals surface area contributed by atoms with Crippen molar-refractivity contribution in [3.8, 4) is 0 Å². The smallest absolute Gasteiger partial charge is 0.239 e. The van der Waals surface area contributed by atoms with Crippen LogP contribution in [0.2, 0.25) is 0 Å². The van der Waals surface area contributed by atoms with Crippen molar-refractivity contribution >= 4 is 17.7 Å². The number of piperidine rings is 1. The Morgan fingerprint density at radius 1 is 1.44 bits per heavy atom. The zero-order valence-corrected chi connectivity index (χ0v) is 10.9. The van der Waals surface area contributed by atoms with Crippen molar-refractivity contribution in [3.63, 3.8) is 0 Å². The summed E-state index contributed by atoms with van der Waals surface area (Å²) in [6.07, 6.45) is 4.61. The second-order valence-corrected chi connectivity index (χ2v) is 5.79. The van der Waals surface area contributed by atoms with Crippen molar-refractivity contribution in [2.75, 3.05) is 24.6 Å². The van der Waals surface area contributed by atoms with Gasteiger partial charge in [-0.25, -0.2) is 0 Å². The minimum absolute atomic E-state index is 0.0966. The Labute approximate surface area is 102 Å². The van der Waals surface area contributed by atoms with Crippen LogP contribution >= 0.6 is 11.8 Å². The van der Waals surface area contributed by atoms with E-state index in [1.807, 2.05) is 11.8 Å². The van der Waals surface area contributed by atoms with Gasteiger partial charge in [-0.3, -0.25) is 4.79 Å². The fraction of sp³-hybridized carbons (Fsp3) is 0.917. The second kappa shape index (κ2) is 5.92. The van der Waals surface area contributed by atoms with Gasteiger partial charge in [-0.2, -0.15) is 11.8 Å². The summed E-state index contributed by atoms with van der Waals surface area (Å²) < 4.78 is 0. The molecular formula is C12H22N2OS. The van der Waals surface area contributed by atoms with Gasteiger partial charge >= 0.3 is 0 Å². The highest BCUT2D eigenvalue weighted by atomic mass is 32.2. The SMILES string of the molecule is CCN(C(=O)[C@H]1CCCCN1)[C@H]1CCSC1. The van der Waals surface area contributed by atoms with Crippen LogP contribution in [0, 0.1) is 0 Å². The van der Waals surface area contributed by atoms with Gasteiger partial charge in [0.25, 0.3) is 0 Å². The summed E-state index contributed by atoms with van der Waals surface area (Å²) in [5, 5.41) is 3.36. The molecule has 0 aromatic rings. The van der Waals surface area contributed by atoms with Gasteiger partial charge in [0, 0.05) is 18.3 Å². The molecule has 0 saturated carbocycles. The maximum atomic E-state index is 12.4.